The topological polar surface area (TPSA) is 88.7 Å². The molecule has 144 valence electrons. The number of nitrogens with one attached hydrogen (secondary N) is 1. The highest BCUT2D eigenvalue weighted by Gasteiger charge is 2.59. The molecule has 0 amide bonds. The van der Waals surface area contributed by atoms with E-state index in [0.29, 0.717) is 10.9 Å². The Labute approximate surface area is 155 Å². The van der Waals surface area contributed by atoms with Crippen LogP contribution in [-0.4, -0.2) is 35.6 Å². The molecule has 28 heavy (non-hydrogen) atoms. The van der Waals surface area contributed by atoms with Gasteiger partial charge in [-0.3, -0.25) is 9.36 Å². The molecule has 0 spiro atoms. The van der Waals surface area contributed by atoms with E-state index in [-0.39, 0.29) is 5.69 Å². The molecule has 3 heterocycles. The minimum atomic E-state index is -5.07. The van der Waals surface area contributed by atoms with E-state index >= 15 is 0 Å². The molecule has 1 aromatic carbocycles. The Morgan fingerprint density at radius 1 is 1.18 bits per heavy atom. The number of benzene rings is 1. The van der Waals surface area contributed by atoms with E-state index in [1.807, 2.05) is 0 Å². The zero-order valence-electron chi connectivity index (χ0n) is 14.5. The first-order valence-corrected chi connectivity index (χ1v) is 8.16. The summed E-state index contributed by atoms with van der Waals surface area (Å²) in [6, 6.07) is 8.44. The largest absolute Gasteiger partial charge is 0.428 e. The van der Waals surface area contributed by atoms with Crippen LogP contribution in [-0.2, 0) is 12.6 Å². The Kier molecular flexibility index (Phi) is 3.89. The molecule has 4 rings (SSSR count). The van der Waals surface area contributed by atoms with Crippen LogP contribution < -0.4 is 5.56 Å². The average molecular weight is 389 g/mol. The van der Waals surface area contributed by atoms with Gasteiger partial charge in [0, 0.05) is 36.1 Å². The van der Waals surface area contributed by atoms with Crippen molar-refractivity contribution in [3.05, 3.63) is 76.9 Å². The van der Waals surface area contributed by atoms with Crippen molar-refractivity contribution in [2.45, 2.75) is 11.8 Å². The van der Waals surface area contributed by atoms with Crippen LogP contribution in [0.15, 0.2) is 59.9 Å². The average Bonchev–Trinajstić information content (AvgIpc) is 3.30. The van der Waals surface area contributed by atoms with Crippen LogP contribution in [0.4, 0.5) is 13.2 Å². The minimum absolute atomic E-state index is 0.170. The zero-order valence-corrected chi connectivity index (χ0v) is 14.5. The summed E-state index contributed by atoms with van der Waals surface area (Å²) in [7, 11) is 1.31. The van der Waals surface area contributed by atoms with Gasteiger partial charge in [-0.15, -0.1) is 10.2 Å². The van der Waals surface area contributed by atoms with Crippen LogP contribution in [0.2, 0.25) is 0 Å². The molecular formula is C18H14F3N5O2. The van der Waals surface area contributed by atoms with Gasteiger partial charge in [0.25, 0.3) is 5.56 Å². The van der Waals surface area contributed by atoms with Gasteiger partial charge < -0.3 is 14.7 Å². The normalized spacial score (nSPS) is 14.3. The van der Waals surface area contributed by atoms with Gasteiger partial charge in [-0.2, -0.15) is 13.2 Å². The highest BCUT2D eigenvalue weighted by Crippen LogP contribution is 2.43. The van der Waals surface area contributed by atoms with E-state index < -0.39 is 28.7 Å². The van der Waals surface area contributed by atoms with E-state index in [1.165, 1.54) is 29.9 Å². The Morgan fingerprint density at radius 2 is 1.96 bits per heavy atom. The fraction of sp³-hybridized carbons (Fsp3) is 0.167. The van der Waals surface area contributed by atoms with Gasteiger partial charge in [-0.25, -0.2) is 0 Å². The van der Waals surface area contributed by atoms with Crippen molar-refractivity contribution in [3.63, 3.8) is 0 Å². The van der Waals surface area contributed by atoms with Crippen LogP contribution in [0.5, 0.6) is 0 Å². The summed E-state index contributed by atoms with van der Waals surface area (Å²) in [6.07, 6.45) is -0.934. The first kappa shape index (κ1) is 18.0. The third-order valence-corrected chi connectivity index (χ3v) is 4.60. The number of pyridine rings is 1. The summed E-state index contributed by atoms with van der Waals surface area (Å²) in [6.45, 7) is 0. The van der Waals surface area contributed by atoms with Gasteiger partial charge in [-0.1, -0.05) is 12.1 Å². The van der Waals surface area contributed by atoms with Crippen molar-refractivity contribution in [1.82, 2.24) is 24.3 Å². The highest BCUT2D eigenvalue weighted by atomic mass is 19.4. The summed E-state index contributed by atoms with van der Waals surface area (Å²) in [5.74, 6) is -0.677. The van der Waals surface area contributed by atoms with Crippen molar-refractivity contribution in [1.29, 1.82) is 0 Å². The number of rotatable bonds is 3. The smallest absolute Gasteiger partial charge is 0.370 e. The number of aliphatic hydroxyl groups is 1. The van der Waals surface area contributed by atoms with Crippen molar-refractivity contribution in [3.8, 4) is 5.69 Å². The summed E-state index contributed by atoms with van der Waals surface area (Å²) in [4.78, 5) is 15.5. The summed E-state index contributed by atoms with van der Waals surface area (Å²) < 4.78 is 43.9. The fourth-order valence-electron chi connectivity index (χ4n) is 3.16. The van der Waals surface area contributed by atoms with Gasteiger partial charge in [0.05, 0.1) is 0 Å². The molecular weight excluding hydrogens is 375 g/mol. The quantitative estimate of drug-likeness (QED) is 0.563. The number of halogens is 3. The van der Waals surface area contributed by atoms with Crippen molar-refractivity contribution >= 4 is 10.9 Å². The molecule has 7 nitrogen and oxygen atoms in total. The number of aryl methyl sites for hydroxylation is 1. The van der Waals surface area contributed by atoms with Crippen LogP contribution in [0.25, 0.3) is 16.6 Å². The van der Waals surface area contributed by atoms with Gasteiger partial charge in [-0.05, 0) is 24.3 Å². The van der Waals surface area contributed by atoms with E-state index in [2.05, 4.69) is 15.2 Å². The predicted octanol–water partition coefficient (Wildman–Crippen LogP) is 2.25. The Hall–Kier alpha value is -3.40. The summed E-state index contributed by atoms with van der Waals surface area (Å²) in [5.41, 5.74) is -3.80. The molecule has 1 atom stereocenters. The standard InChI is InChI=1S/C18H14F3N5O2/c1-25-10-23-24-16(25)17(28,18(19,20)21)12-3-2-4-13(9-12)26-8-6-11-5-7-22-14(11)15(26)27/h2-10,22,28H,1H3. The second-order valence-electron chi connectivity index (χ2n) is 6.32. The number of fused-ring (bicyclic) bond motifs is 1. The van der Waals surface area contributed by atoms with Gasteiger partial charge in [0.1, 0.15) is 11.8 Å². The molecule has 3 aromatic heterocycles. The molecule has 0 aliphatic carbocycles. The molecule has 0 bridgehead atoms. The Bertz CT molecular complexity index is 1220. The lowest BCUT2D eigenvalue weighted by atomic mass is 9.91. The lowest BCUT2D eigenvalue weighted by Crippen LogP contribution is -2.45. The van der Waals surface area contributed by atoms with Gasteiger partial charge >= 0.3 is 6.18 Å². The second kappa shape index (κ2) is 6.06. The molecule has 0 aliphatic heterocycles. The number of nitrogens with zero attached hydrogens (tertiary/aromatic N) is 4. The Balaban J connectivity index is 1.93. The highest BCUT2D eigenvalue weighted by molar-refractivity contribution is 5.78. The zero-order chi connectivity index (χ0) is 20.1. The maximum absolute atomic E-state index is 13.9. The molecule has 0 saturated carbocycles. The lowest BCUT2D eigenvalue weighted by molar-refractivity contribution is -0.252. The maximum atomic E-state index is 13.9. The first-order valence-electron chi connectivity index (χ1n) is 8.16. The minimum Gasteiger partial charge on any atom is -0.370 e. The van der Waals surface area contributed by atoms with Crippen LogP contribution in [0, 0.1) is 0 Å². The molecule has 4 aromatic rings. The number of hydrogen-bond acceptors (Lipinski definition) is 4. The number of alkyl halides is 3. The molecule has 0 aliphatic rings. The van der Waals surface area contributed by atoms with E-state index in [1.54, 1.807) is 18.3 Å². The number of hydrogen-bond donors (Lipinski definition) is 2. The SMILES string of the molecule is Cn1cnnc1C(O)(c1cccc(-n2ccc3cc[nH]c3c2=O)c1)C(F)(F)F. The first-order chi connectivity index (χ1) is 13.2. The lowest BCUT2D eigenvalue weighted by Gasteiger charge is -2.30. The molecule has 1 unspecified atom stereocenters. The number of aromatic amines is 1. The van der Waals surface area contributed by atoms with Crippen LogP contribution in [0.3, 0.4) is 0 Å². The molecule has 10 heteroatoms. The van der Waals surface area contributed by atoms with Crippen LogP contribution >= 0.6 is 0 Å². The van der Waals surface area contributed by atoms with Crippen molar-refractivity contribution < 1.29 is 18.3 Å². The molecule has 0 fully saturated rings. The number of H-pyrrole nitrogens is 1. The molecule has 0 radical (unpaired) electrons. The Morgan fingerprint density at radius 3 is 2.64 bits per heavy atom. The second-order valence-corrected chi connectivity index (χ2v) is 6.32. The van der Waals surface area contributed by atoms with Crippen molar-refractivity contribution in [2.75, 3.05) is 0 Å². The van der Waals surface area contributed by atoms with Gasteiger partial charge in [0.15, 0.2) is 5.82 Å². The third kappa shape index (κ3) is 2.53. The van der Waals surface area contributed by atoms with E-state index in [9.17, 15) is 23.1 Å². The van der Waals surface area contributed by atoms with E-state index in [0.717, 1.165) is 23.0 Å². The third-order valence-electron chi connectivity index (χ3n) is 4.60. The summed E-state index contributed by atoms with van der Waals surface area (Å²) in [5, 5.41) is 18.3. The van der Waals surface area contributed by atoms with Crippen LogP contribution in [0.1, 0.15) is 11.4 Å². The van der Waals surface area contributed by atoms with E-state index in [4.69, 9.17) is 0 Å². The van der Waals surface area contributed by atoms with Gasteiger partial charge in [0.2, 0.25) is 5.60 Å². The monoisotopic (exact) mass is 389 g/mol. The number of aromatic nitrogens is 5. The molecule has 2 N–H and O–H groups in total. The predicted molar refractivity (Wildman–Crippen MR) is 94.0 cm³/mol. The maximum Gasteiger partial charge on any atom is 0.428 e. The molecule has 0 saturated heterocycles. The summed E-state index contributed by atoms with van der Waals surface area (Å²) >= 11 is 0. The fourth-order valence-corrected chi connectivity index (χ4v) is 3.16. The van der Waals surface area contributed by atoms with Crippen molar-refractivity contribution in [2.24, 2.45) is 7.05 Å².